The summed E-state index contributed by atoms with van der Waals surface area (Å²) in [5.74, 6) is -0.0138. The highest BCUT2D eigenvalue weighted by Gasteiger charge is 2.16. The normalized spacial score (nSPS) is 10.9. The lowest BCUT2D eigenvalue weighted by atomic mass is 10.1. The summed E-state index contributed by atoms with van der Waals surface area (Å²) >= 11 is 0. The van der Waals surface area contributed by atoms with Crippen LogP contribution in [-0.2, 0) is 9.53 Å². The monoisotopic (exact) mass is 580 g/mol. The minimum Gasteiger partial charge on any atom is -0.444 e. The molecule has 3 aromatic rings. The maximum absolute atomic E-state index is 12.4. The third-order valence-electron chi connectivity index (χ3n) is 5.71. The summed E-state index contributed by atoms with van der Waals surface area (Å²) in [4.78, 5) is 47.6. The minimum absolute atomic E-state index is 0.200. The average molecular weight is 581 g/mol. The number of urea groups is 1. The number of nitrogens with zero attached hydrogens (tertiary/aromatic N) is 1. The van der Waals surface area contributed by atoms with Crippen LogP contribution in [0.25, 0.3) is 11.3 Å². The summed E-state index contributed by atoms with van der Waals surface area (Å²) in [5, 5.41) is 23.1. The minimum atomic E-state index is -0.605. The zero-order valence-corrected chi connectivity index (χ0v) is 23.8. The van der Waals surface area contributed by atoms with Gasteiger partial charge in [-0.05, 0) is 82.1 Å². The number of hydrogen-bond donors (Lipinski definition) is 6. The second-order valence-corrected chi connectivity index (χ2v) is 10.4. The largest absolute Gasteiger partial charge is 0.444 e. The Kier molecular flexibility index (Phi) is 11.4. The van der Waals surface area contributed by atoms with Crippen molar-refractivity contribution in [2.45, 2.75) is 58.5 Å². The molecule has 0 bridgehead atoms. The number of benzene rings is 2. The van der Waals surface area contributed by atoms with Crippen LogP contribution in [0.15, 0.2) is 59.1 Å². The Labute approximate surface area is 243 Å². The molecule has 0 atom stereocenters. The molecule has 42 heavy (non-hydrogen) atoms. The van der Waals surface area contributed by atoms with Crippen molar-refractivity contribution in [3.8, 4) is 11.3 Å². The lowest BCUT2D eigenvalue weighted by molar-refractivity contribution is -0.129. The standard InChI is InChI=1S/C29H36N6O7/c1-29(2,3)41-28(39)32-22-13-9-19(10-14-22)23-18-24(35-42-23)33-27(38)31-21-15-11-20(12-16-21)26(37)30-17-7-5-4-6-8-25(36)34-40/h9-16,18,40H,4-8,17H2,1-3H3,(H,30,37)(H,32,39)(H,34,36)(H2,31,33,35,38). The number of ether oxygens (including phenoxy) is 1. The molecule has 0 saturated heterocycles. The van der Waals surface area contributed by atoms with Gasteiger partial charge >= 0.3 is 12.1 Å². The van der Waals surface area contributed by atoms with Gasteiger partial charge in [-0.15, -0.1) is 0 Å². The SMILES string of the molecule is CC(C)(C)OC(=O)Nc1ccc(-c2cc(NC(=O)Nc3ccc(C(=O)NCCCCCCC(=O)NO)cc3)no2)cc1. The predicted octanol–water partition coefficient (Wildman–Crippen LogP) is 5.52. The fourth-order valence-electron chi connectivity index (χ4n) is 3.72. The van der Waals surface area contributed by atoms with Crippen molar-refractivity contribution in [2.24, 2.45) is 0 Å². The molecule has 0 aliphatic carbocycles. The summed E-state index contributed by atoms with van der Waals surface area (Å²) < 4.78 is 10.6. The molecule has 0 radical (unpaired) electrons. The van der Waals surface area contributed by atoms with Crippen LogP contribution in [0.5, 0.6) is 0 Å². The van der Waals surface area contributed by atoms with Gasteiger partial charge in [-0.25, -0.2) is 15.1 Å². The van der Waals surface area contributed by atoms with E-state index >= 15 is 0 Å². The Balaban J connectivity index is 1.41. The molecule has 1 aromatic heterocycles. The molecule has 0 aliphatic heterocycles. The van der Waals surface area contributed by atoms with Gasteiger partial charge in [-0.3, -0.25) is 25.4 Å². The Hall–Kier alpha value is -4.91. The van der Waals surface area contributed by atoms with E-state index in [9.17, 15) is 19.2 Å². The van der Waals surface area contributed by atoms with E-state index in [1.54, 1.807) is 80.8 Å². The topological polar surface area (TPSA) is 184 Å². The lowest BCUT2D eigenvalue weighted by Gasteiger charge is -2.19. The molecule has 224 valence electrons. The molecule has 3 rings (SSSR count). The number of hydroxylamine groups is 1. The maximum atomic E-state index is 12.4. The first-order chi connectivity index (χ1) is 20.0. The van der Waals surface area contributed by atoms with E-state index in [-0.39, 0.29) is 18.1 Å². The third kappa shape index (κ3) is 10.9. The Morgan fingerprint density at radius 2 is 1.50 bits per heavy atom. The van der Waals surface area contributed by atoms with Crippen molar-refractivity contribution < 1.29 is 33.6 Å². The van der Waals surface area contributed by atoms with Crippen molar-refractivity contribution in [3.63, 3.8) is 0 Å². The van der Waals surface area contributed by atoms with E-state index in [2.05, 4.69) is 26.4 Å². The van der Waals surface area contributed by atoms with Gasteiger partial charge in [0, 0.05) is 41.5 Å². The molecule has 13 heteroatoms. The molecule has 5 amide bonds. The molecular weight excluding hydrogens is 544 g/mol. The summed E-state index contributed by atoms with van der Waals surface area (Å²) in [6, 6.07) is 14.3. The van der Waals surface area contributed by atoms with Crippen LogP contribution >= 0.6 is 0 Å². The van der Waals surface area contributed by atoms with E-state index in [1.807, 2.05) is 0 Å². The zero-order valence-electron chi connectivity index (χ0n) is 23.8. The number of rotatable bonds is 12. The average Bonchev–Trinajstić information content (AvgIpc) is 3.40. The zero-order chi connectivity index (χ0) is 30.5. The molecule has 0 fully saturated rings. The third-order valence-corrected chi connectivity index (χ3v) is 5.71. The number of amides is 5. The van der Waals surface area contributed by atoms with Gasteiger partial charge in [0.25, 0.3) is 5.91 Å². The van der Waals surface area contributed by atoms with E-state index in [4.69, 9.17) is 14.5 Å². The van der Waals surface area contributed by atoms with Crippen molar-refractivity contribution in [1.82, 2.24) is 16.0 Å². The van der Waals surface area contributed by atoms with Crippen LogP contribution in [0, 0.1) is 0 Å². The van der Waals surface area contributed by atoms with Gasteiger partial charge in [0.05, 0.1) is 0 Å². The number of nitrogens with one attached hydrogen (secondary N) is 5. The number of aromatic nitrogens is 1. The molecular formula is C29H36N6O7. The quantitative estimate of drug-likeness (QED) is 0.0919. The predicted molar refractivity (Wildman–Crippen MR) is 156 cm³/mol. The molecule has 0 aliphatic rings. The maximum Gasteiger partial charge on any atom is 0.412 e. The molecule has 0 saturated carbocycles. The number of hydrogen-bond acceptors (Lipinski definition) is 8. The van der Waals surface area contributed by atoms with Crippen LogP contribution in [0.3, 0.4) is 0 Å². The molecule has 6 N–H and O–H groups in total. The Bertz CT molecular complexity index is 1350. The van der Waals surface area contributed by atoms with E-state index in [1.165, 1.54) is 0 Å². The summed E-state index contributed by atoms with van der Waals surface area (Å²) in [6.45, 7) is 5.84. The highest BCUT2D eigenvalue weighted by molar-refractivity contribution is 6.00. The lowest BCUT2D eigenvalue weighted by Crippen LogP contribution is -2.27. The number of anilines is 3. The first kappa shape index (κ1) is 31.6. The summed E-state index contributed by atoms with van der Waals surface area (Å²) in [7, 11) is 0. The number of unbranched alkanes of at least 4 members (excludes halogenated alkanes) is 3. The highest BCUT2D eigenvalue weighted by atomic mass is 16.6. The first-order valence-corrected chi connectivity index (χ1v) is 13.5. The van der Waals surface area contributed by atoms with Crippen LogP contribution in [0.4, 0.5) is 26.8 Å². The first-order valence-electron chi connectivity index (χ1n) is 13.5. The van der Waals surface area contributed by atoms with Crippen molar-refractivity contribution in [2.75, 3.05) is 22.5 Å². The molecule has 2 aromatic carbocycles. The van der Waals surface area contributed by atoms with Crippen LogP contribution in [0.2, 0.25) is 0 Å². The van der Waals surface area contributed by atoms with Gasteiger partial charge in [-0.2, -0.15) is 0 Å². The van der Waals surface area contributed by atoms with Crippen molar-refractivity contribution >= 4 is 41.1 Å². The fraction of sp³-hybridized carbons (Fsp3) is 0.345. The fourth-order valence-corrected chi connectivity index (χ4v) is 3.72. The number of carbonyl (C=O) groups excluding carboxylic acids is 4. The van der Waals surface area contributed by atoms with Crippen LogP contribution in [0.1, 0.15) is 63.2 Å². The second kappa shape index (κ2) is 15.2. The Morgan fingerprint density at radius 3 is 2.17 bits per heavy atom. The summed E-state index contributed by atoms with van der Waals surface area (Å²) in [5.41, 5.74) is 3.16. The van der Waals surface area contributed by atoms with Gasteiger partial charge in [0.2, 0.25) is 5.91 Å². The smallest absolute Gasteiger partial charge is 0.412 e. The van der Waals surface area contributed by atoms with Gasteiger partial charge in [0.1, 0.15) is 5.60 Å². The second-order valence-electron chi connectivity index (χ2n) is 10.4. The van der Waals surface area contributed by atoms with Crippen molar-refractivity contribution in [3.05, 3.63) is 60.2 Å². The van der Waals surface area contributed by atoms with Crippen LogP contribution in [-0.4, -0.2) is 46.4 Å². The van der Waals surface area contributed by atoms with Gasteiger partial charge < -0.3 is 19.9 Å². The highest BCUT2D eigenvalue weighted by Crippen LogP contribution is 2.24. The van der Waals surface area contributed by atoms with Gasteiger partial charge in [0.15, 0.2) is 11.6 Å². The molecule has 13 nitrogen and oxygen atoms in total. The molecule has 1 heterocycles. The van der Waals surface area contributed by atoms with Gasteiger partial charge in [-0.1, -0.05) is 18.0 Å². The summed E-state index contributed by atoms with van der Waals surface area (Å²) in [6.07, 6.45) is 2.83. The van der Waals surface area contributed by atoms with E-state index in [0.717, 1.165) is 19.3 Å². The molecule has 0 spiro atoms. The van der Waals surface area contributed by atoms with E-state index in [0.29, 0.717) is 41.2 Å². The Morgan fingerprint density at radius 1 is 0.857 bits per heavy atom. The van der Waals surface area contributed by atoms with Crippen molar-refractivity contribution in [1.29, 1.82) is 0 Å². The number of carbonyl (C=O) groups is 4. The van der Waals surface area contributed by atoms with E-state index < -0.39 is 23.6 Å². The molecule has 0 unspecified atom stereocenters. The van der Waals surface area contributed by atoms with Crippen LogP contribution < -0.4 is 26.7 Å².